The number of carbonyl (C=O) groups is 1. The minimum Gasteiger partial charge on any atom is -0.326 e. The zero-order valence-electron chi connectivity index (χ0n) is 15.4. The number of fused-ring (bicyclic) bond motifs is 1. The largest absolute Gasteiger partial charge is 0.326 e. The number of hydrogen-bond acceptors (Lipinski definition) is 3. The van der Waals surface area contributed by atoms with Gasteiger partial charge < -0.3 is 5.32 Å². The van der Waals surface area contributed by atoms with Crippen molar-refractivity contribution in [1.29, 1.82) is 0 Å². The van der Waals surface area contributed by atoms with E-state index < -0.39 is 10.0 Å². The molecule has 0 aliphatic heterocycles. The minimum absolute atomic E-state index is 0.0394. The molecule has 2 aromatic rings. The summed E-state index contributed by atoms with van der Waals surface area (Å²) in [6.45, 7) is 0. The molecule has 0 spiro atoms. The second kappa shape index (κ2) is 7.09. The van der Waals surface area contributed by atoms with Gasteiger partial charge in [0.1, 0.15) is 0 Å². The highest BCUT2D eigenvalue weighted by atomic mass is 32.2. The number of amides is 1. The third-order valence-electron chi connectivity index (χ3n) is 5.57. The van der Waals surface area contributed by atoms with Gasteiger partial charge in [-0.25, -0.2) is 8.42 Å². The molecule has 0 radical (unpaired) electrons. The van der Waals surface area contributed by atoms with E-state index >= 15 is 0 Å². The molecule has 1 saturated carbocycles. The normalized spacial score (nSPS) is 19.1. The average Bonchev–Trinajstić information content (AvgIpc) is 3.44. The van der Waals surface area contributed by atoms with Crippen LogP contribution in [0.25, 0.3) is 0 Å². The molecule has 4 rings (SSSR count). The number of carbonyl (C=O) groups excluding carboxylic acids is 1. The Hall–Kier alpha value is -2.18. The monoisotopic (exact) mass is 384 g/mol. The van der Waals surface area contributed by atoms with Gasteiger partial charge in [-0.3, -0.25) is 4.79 Å². The van der Waals surface area contributed by atoms with Crippen molar-refractivity contribution in [2.75, 3.05) is 12.4 Å². The summed E-state index contributed by atoms with van der Waals surface area (Å²) in [6, 6.07) is 14.9. The number of nitrogens with zero attached hydrogens (tertiary/aromatic N) is 1. The van der Waals surface area contributed by atoms with Gasteiger partial charge >= 0.3 is 0 Å². The van der Waals surface area contributed by atoms with E-state index in [4.69, 9.17) is 0 Å². The Morgan fingerprint density at radius 2 is 1.78 bits per heavy atom. The number of aryl methyl sites for hydroxylation is 1. The molecule has 0 saturated heterocycles. The Morgan fingerprint density at radius 1 is 1.07 bits per heavy atom. The Balaban J connectivity index is 1.39. The first-order valence-electron chi connectivity index (χ1n) is 9.41. The van der Waals surface area contributed by atoms with Crippen LogP contribution in [-0.2, 0) is 21.2 Å². The number of benzene rings is 2. The molecule has 0 heterocycles. The van der Waals surface area contributed by atoms with Gasteiger partial charge in [0.15, 0.2) is 0 Å². The zero-order chi connectivity index (χ0) is 19.0. The van der Waals surface area contributed by atoms with Crippen molar-refractivity contribution in [3.8, 4) is 0 Å². The molecule has 2 aliphatic carbocycles. The van der Waals surface area contributed by atoms with Gasteiger partial charge in [-0.05, 0) is 67.0 Å². The molecule has 2 aliphatic rings. The first-order chi connectivity index (χ1) is 12.9. The molecular formula is C21H24N2O3S. The quantitative estimate of drug-likeness (QED) is 0.829. The Labute approximate surface area is 160 Å². The van der Waals surface area contributed by atoms with Crippen LogP contribution in [0.1, 0.15) is 42.7 Å². The predicted molar refractivity (Wildman–Crippen MR) is 105 cm³/mol. The second-order valence-corrected chi connectivity index (χ2v) is 9.46. The van der Waals surface area contributed by atoms with Crippen molar-refractivity contribution in [3.05, 3.63) is 59.7 Å². The Kier molecular flexibility index (Phi) is 4.78. The van der Waals surface area contributed by atoms with E-state index in [1.165, 1.54) is 15.4 Å². The van der Waals surface area contributed by atoms with Gasteiger partial charge in [0.25, 0.3) is 0 Å². The number of nitrogens with one attached hydrogen (secondary N) is 1. The Bertz CT molecular complexity index is 950. The molecular weight excluding hydrogens is 360 g/mol. The lowest BCUT2D eigenvalue weighted by molar-refractivity contribution is -0.116. The van der Waals surface area contributed by atoms with Crippen molar-refractivity contribution in [2.45, 2.75) is 49.0 Å². The molecule has 1 N–H and O–H groups in total. The molecule has 142 valence electrons. The fraction of sp³-hybridized carbons (Fsp3) is 0.381. The molecule has 27 heavy (non-hydrogen) atoms. The number of rotatable bonds is 6. The van der Waals surface area contributed by atoms with Crippen molar-refractivity contribution >= 4 is 21.6 Å². The van der Waals surface area contributed by atoms with Crippen LogP contribution in [0.2, 0.25) is 0 Å². The highest BCUT2D eigenvalue weighted by molar-refractivity contribution is 7.89. The van der Waals surface area contributed by atoms with Gasteiger partial charge in [-0.2, -0.15) is 4.31 Å². The summed E-state index contributed by atoms with van der Waals surface area (Å²) in [5.74, 6) is 0.218. The highest BCUT2D eigenvalue weighted by Crippen LogP contribution is 2.35. The molecule has 5 nitrogen and oxygen atoms in total. The molecule has 0 bridgehead atoms. The van der Waals surface area contributed by atoms with Gasteiger partial charge in [-0.15, -0.1) is 0 Å². The lowest BCUT2D eigenvalue weighted by atomic mass is 9.97. The van der Waals surface area contributed by atoms with Crippen LogP contribution in [-0.4, -0.2) is 31.7 Å². The summed E-state index contributed by atoms with van der Waals surface area (Å²) in [6.07, 6.45) is 4.32. The van der Waals surface area contributed by atoms with Gasteiger partial charge in [-0.1, -0.05) is 24.3 Å². The van der Waals surface area contributed by atoms with Gasteiger partial charge in [0.05, 0.1) is 4.90 Å². The van der Waals surface area contributed by atoms with E-state index in [9.17, 15) is 13.2 Å². The number of sulfonamides is 1. The topological polar surface area (TPSA) is 66.5 Å². The molecule has 1 atom stereocenters. The lowest BCUT2D eigenvalue weighted by Gasteiger charge is -2.16. The van der Waals surface area contributed by atoms with Crippen LogP contribution in [0.5, 0.6) is 0 Å². The van der Waals surface area contributed by atoms with Crippen molar-refractivity contribution < 1.29 is 13.2 Å². The molecule has 2 aromatic carbocycles. The van der Waals surface area contributed by atoms with E-state index in [-0.39, 0.29) is 22.8 Å². The second-order valence-electron chi connectivity index (χ2n) is 7.46. The average molecular weight is 385 g/mol. The van der Waals surface area contributed by atoms with E-state index in [1.807, 2.05) is 12.1 Å². The van der Waals surface area contributed by atoms with E-state index in [0.29, 0.717) is 12.1 Å². The van der Waals surface area contributed by atoms with E-state index in [2.05, 4.69) is 17.4 Å². The van der Waals surface area contributed by atoms with Crippen molar-refractivity contribution in [3.63, 3.8) is 0 Å². The number of anilines is 1. The van der Waals surface area contributed by atoms with Crippen LogP contribution in [0.15, 0.2) is 53.4 Å². The lowest BCUT2D eigenvalue weighted by Crippen LogP contribution is -2.28. The summed E-state index contributed by atoms with van der Waals surface area (Å²) >= 11 is 0. The maximum Gasteiger partial charge on any atom is 0.243 e. The fourth-order valence-electron chi connectivity index (χ4n) is 3.80. The summed E-state index contributed by atoms with van der Waals surface area (Å²) in [5.41, 5.74) is 3.24. The fourth-order valence-corrected chi connectivity index (χ4v) is 5.22. The van der Waals surface area contributed by atoms with Crippen LogP contribution >= 0.6 is 0 Å². The SMILES string of the molecule is CN(C1CC1)S(=O)(=O)c1ccc(NC(=O)CC2CCc3ccccc32)cc1. The molecule has 0 aromatic heterocycles. The summed E-state index contributed by atoms with van der Waals surface area (Å²) in [7, 11) is -1.83. The molecule has 1 fully saturated rings. The summed E-state index contributed by atoms with van der Waals surface area (Å²) in [4.78, 5) is 12.7. The standard InChI is InChI=1S/C21H24N2O3S/c1-23(18-10-11-18)27(25,26)19-12-8-17(9-13-19)22-21(24)14-16-7-6-15-4-2-3-5-20(15)16/h2-5,8-9,12-13,16,18H,6-7,10-11,14H2,1H3,(H,22,24). The van der Waals surface area contributed by atoms with Crippen LogP contribution in [0.3, 0.4) is 0 Å². The predicted octanol–water partition coefficient (Wildman–Crippen LogP) is 3.53. The first kappa shape index (κ1) is 18.2. The highest BCUT2D eigenvalue weighted by Gasteiger charge is 2.35. The van der Waals surface area contributed by atoms with Crippen LogP contribution in [0, 0.1) is 0 Å². The zero-order valence-corrected chi connectivity index (χ0v) is 16.2. The molecule has 1 amide bonds. The van der Waals surface area contributed by atoms with Gasteiger partial charge in [0, 0.05) is 25.2 Å². The van der Waals surface area contributed by atoms with Crippen molar-refractivity contribution in [1.82, 2.24) is 4.31 Å². The first-order valence-corrected chi connectivity index (χ1v) is 10.8. The number of hydrogen-bond donors (Lipinski definition) is 1. The molecule has 6 heteroatoms. The van der Waals surface area contributed by atoms with E-state index in [0.717, 1.165) is 25.7 Å². The van der Waals surface area contributed by atoms with Crippen LogP contribution in [0.4, 0.5) is 5.69 Å². The third kappa shape index (κ3) is 3.77. The summed E-state index contributed by atoms with van der Waals surface area (Å²) < 4.78 is 26.5. The molecule has 1 unspecified atom stereocenters. The minimum atomic E-state index is -3.45. The summed E-state index contributed by atoms with van der Waals surface area (Å²) in [5, 5.41) is 2.90. The maximum absolute atomic E-state index is 12.5. The maximum atomic E-state index is 12.5. The van der Waals surface area contributed by atoms with Crippen molar-refractivity contribution in [2.24, 2.45) is 0 Å². The van der Waals surface area contributed by atoms with Gasteiger partial charge in [0.2, 0.25) is 15.9 Å². The third-order valence-corrected chi connectivity index (χ3v) is 7.49. The Morgan fingerprint density at radius 3 is 2.48 bits per heavy atom. The van der Waals surface area contributed by atoms with E-state index in [1.54, 1.807) is 31.3 Å². The smallest absolute Gasteiger partial charge is 0.243 e. The van der Waals surface area contributed by atoms with Crippen LogP contribution < -0.4 is 5.32 Å².